The molecule has 0 radical (unpaired) electrons. The lowest BCUT2D eigenvalue weighted by Crippen LogP contribution is -2.61. The predicted molar refractivity (Wildman–Crippen MR) is 118 cm³/mol. The van der Waals surface area contributed by atoms with Gasteiger partial charge in [0.05, 0.1) is 5.41 Å². The van der Waals surface area contributed by atoms with Gasteiger partial charge < -0.3 is 9.64 Å². The Morgan fingerprint density at radius 1 is 0.857 bits per heavy atom. The summed E-state index contributed by atoms with van der Waals surface area (Å²) >= 11 is 0. The number of para-hydroxylation sites is 1. The summed E-state index contributed by atoms with van der Waals surface area (Å²) in [5.74, 6) is 0.985. The van der Waals surface area contributed by atoms with Gasteiger partial charge in [-0.2, -0.15) is 0 Å². The molecule has 0 amide bonds. The maximum atomic E-state index is 7.01. The van der Waals surface area contributed by atoms with E-state index in [0.717, 1.165) is 25.1 Å². The van der Waals surface area contributed by atoms with Gasteiger partial charge in [0, 0.05) is 17.8 Å². The fraction of sp³-hybridized carbons (Fsp3) is 0.308. The molecule has 142 valence electrons. The maximum absolute atomic E-state index is 7.01. The molecule has 28 heavy (non-hydrogen) atoms. The summed E-state index contributed by atoms with van der Waals surface area (Å²) in [5.41, 5.74) is 3.36. The molecule has 5 rings (SSSR count). The Labute approximate surface area is 167 Å². The fourth-order valence-corrected chi connectivity index (χ4v) is 5.62. The minimum Gasteiger partial charge on any atom is -0.463 e. The first kappa shape index (κ1) is 17.4. The average Bonchev–Trinajstić information content (AvgIpc) is 2.98. The molecule has 0 aromatic heterocycles. The molecule has 0 bridgehead atoms. The van der Waals surface area contributed by atoms with Crippen molar-refractivity contribution in [2.24, 2.45) is 0 Å². The van der Waals surface area contributed by atoms with Crippen LogP contribution in [0.2, 0.25) is 0 Å². The third kappa shape index (κ3) is 1.98. The minimum atomic E-state index is -0.482. The standard InChI is InChI=1S/C26H27NO/c1-4-25(5-2)22-13-9-10-14-23(22)27(6-3)26(25)18-17-21-20-12-8-7-11-19(20)15-16-24(21)28-26/h7-18H,4-6H2,1-3H3. The van der Waals surface area contributed by atoms with E-state index >= 15 is 0 Å². The number of nitrogens with zero attached hydrogens (tertiary/aromatic N) is 1. The summed E-state index contributed by atoms with van der Waals surface area (Å²) in [7, 11) is 0. The van der Waals surface area contributed by atoms with Crippen molar-refractivity contribution in [2.45, 2.75) is 44.8 Å². The smallest absolute Gasteiger partial charge is 0.212 e. The van der Waals surface area contributed by atoms with E-state index in [0.29, 0.717) is 0 Å². The number of benzene rings is 3. The number of rotatable bonds is 3. The van der Waals surface area contributed by atoms with Crippen molar-refractivity contribution in [1.29, 1.82) is 0 Å². The Kier molecular flexibility index (Phi) is 3.80. The first-order valence-corrected chi connectivity index (χ1v) is 10.5. The third-order valence-electron chi connectivity index (χ3n) is 6.99. The molecule has 2 aliphatic heterocycles. The van der Waals surface area contributed by atoms with Crippen LogP contribution in [0.5, 0.6) is 5.75 Å². The van der Waals surface area contributed by atoms with Gasteiger partial charge in [-0.1, -0.05) is 62.4 Å². The van der Waals surface area contributed by atoms with Crippen molar-refractivity contribution in [3.63, 3.8) is 0 Å². The van der Waals surface area contributed by atoms with E-state index in [1.165, 1.54) is 27.6 Å². The number of hydrogen-bond acceptors (Lipinski definition) is 2. The van der Waals surface area contributed by atoms with Crippen molar-refractivity contribution >= 4 is 22.5 Å². The van der Waals surface area contributed by atoms with Crippen LogP contribution in [0.1, 0.15) is 44.7 Å². The maximum Gasteiger partial charge on any atom is 0.212 e. The first-order chi connectivity index (χ1) is 13.7. The quantitative estimate of drug-likeness (QED) is 0.520. The van der Waals surface area contributed by atoms with Gasteiger partial charge >= 0.3 is 0 Å². The van der Waals surface area contributed by atoms with Crippen LogP contribution in [0.3, 0.4) is 0 Å². The number of fused-ring (bicyclic) bond motifs is 4. The molecular weight excluding hydrogens is 342 g/mol. The number of hydrogen-bond donors (Lipinski definition) is 0. The van der Waals surface area contributed by atoms with Crippen LogP contribution < -0.4 is 9.64 Å². The second-order valence-electron chi connectivity index (χ2n) is 7.88. The SMILES string of the molecule is CCN1c2ccccc2C(CC)(CC)C12C=Cc1c(ccc3ccccc13)O2. The van der Waals surface area contributed by atoms with Crippen molar-refractivity contribution in [1.82, 2.24) is 0 Å². The van der Waals surface area contributed by atoms with E-state index in [4.69, 9.17) is 4.74 Å². The zero-order chi connectivity index (χ0) is 19.4. The Morgan fingerprint density at radius 3 is 2.39 bits per heavy atom. The van der Waals surface area contributed by atoms with Gasteiger partial charge in [0.1, 0.15) is 5.75 Å². The summed E-state index contributed by atoms with van der Waals surface area (Å²) in [6.45, 7) is 7.74. The normalized spacial score (nSPS) is 21.6. The molecule has 1 spiro atoms. The van der Waals surface area contributed by atoms with Gasteiger partial charge in [-0.15, -0.1) is 0 Å². The Balaban J connectivity index is 1.76. The highest BCUT2D eigenvalue weighted by atomic mass is 16.5. The molecule has 2 nitrogen and oxygen atoms in total. The zero-order valence-corrected chi connectivity index (χ0v) is 16.9. The highest BCUT2D eigenvalue weighted by molar-refractivity contribution is 5.94. The summed E-state index contributed by atoms with van der Waals surface area (Å²) in [5, 5.41) is 2.51. The van der Waals surface area contributed by atoms with Gasteiger partial charge in [0.2, 0.25) is 5.72 Å². The molecule has 3 aromatic carbocycles. The molecule has 2 heteroatoms. The average molecular weight is 370 g/mol. The van der Waals surface area contributed by atoms with E-state index in [1.807, 2.05) is 0 Å². The number of ether oxygens (including phenoxy) is 1. The van der Waals surface area contributed by atoms with Gasteiger partial charge in [-0.3, -0.25) is 0 Å². The molecule has 0 N–H and O–H groups in total. The lowest BCUT2D eigenvalue weighted by molar-refractivity contribution is 0.0316. The van der Waals surface area contributed by atoms with Gasteiger partial charge in [0.25, 0.3) is 0 Å². The molecule has 1 atom stereocenters. The second-order valence-corrected chi connectivity index (χ2v) is 7.88. The predicted octanol–water partition coefficient (Wildman–Crippen LogP) is 6.54. The largest absolute Gasteiger partial charge is 0.463 e. The molecule has 1 unspecified atom stereocenters. The molecule has 0 fully saturated rings. The van der Waals surface area contributed by atoms with Crippen LogP contribution in [-0.4, -0.2) is 12.3 Å². The van der Waals surface area contributed by atoms with Crippen molar-refractivity contribution in [3.8, 4) is 5.75 Å². The number of likely N-dealkylation sites (N-methyl/N-ethyl adjacent to an activating group) is 1. The molecule has 2 aliphatic rings. The molecule has 0 saturated carbocycles. The van der Waals surface area contributed by atoms with Crippen LogP contribution in [0, 0.1) is 0 Å². The van der Waals surface area contributed by atoms with E-state index in [9.17, 15) is 0 Å². The Bertz CT molecular complexity index is 1080. The topological polar surface area (TPSA) is 12.5 Å². The van der Waals surface area contributed by atoms with Crippen LogP contribution in [0.15, 0.2) is 66.7 Å². The summed E-state index contributed by atoms with van der Waals surface area (Å²) in [6, 6.07) is 21.7. The Hall–Kier alpha value is -2.74. The highest BCUT2D eigenvalue weighted by Gasteiger charge is 2.61. The minimum absolute atomic E-state index is 0.0700. The van der Waals surface area contributed by atoms with Crippen LogP contribution in [0.25, 0.3) is 16.8 Å². The Morgan fingerprint density at radius 2 is 1.61 bits per heavy atom. The van der Waals surface area contributed by atoms with Crippen molar-refractivity contribution < 1.29 is 4.74 Å². The summed E-state index contributed by atoms with van der Waals surface area (Å²) in [4.78, 5) is 2.46. The fourth-order valence-electron chi connectivity index (χ4n) is 5.62. The van der Waals surface area contributed by atoms with Gasteiger partial charge in [-0.05, 0) is 60.4 Å². The van der Waals surface area contributed by atoms with E-state index in [-0.39, 0.29) is 5.41 Å². The molecule has 0 saturated heterocycles. The van der Waals surface area contributed by atoms with Gasteiger partial charge in [-0.25, -0.2) is 0 Å². The summed E-state index contributed by atoms with van der Waals surface area (Å²) in [6.07, 6.45) is 6.70. The zero-order valence-electron chi connectivity index (χ0n) is 16.9. The third-order valence-corrected chi connectivity index (χ3v) is 6.99. The van der Waals surface area contributed by atoms with E-state index < -0.39 is 5.72 Å². The highest BCUT2D eigenvalue weighted by Crippen LogP contribution is 2.58. The number of anilines is 1. The van der Waals surface area contributed by atoms with E-state index in [2.05, 4.69) is 98.5 Å². The first-order valence-electron chi connectivity index (χ1n) is 10.5. The van der Waals surface area contributed by atoms with Crippen molar-refractivity contribution in [2.75, 3.05) is 11.4 Å². The molecule has 2 heterocycles. The second kappa shape index (κ2) is 6.13. The van der Waals surface area contributed by atoms with Crippen LogP contribution in [-0.2, 0) is 5.41 Å². The van der Waals surface area contributed by atoms with Gasteiger partial charge in [0.15, 0.2) is 0 Å². The molecular formula is C26H27NO. The monoisotopic (exact) mass is 369 g/mol. The molecule has 3 aromatic rings. The molecule has 0 aliphatic carbocycles. The van der Waals surface area contributed by atoms with Crippen LogP contribution in [0.4, 0.5) is 5.69 Å². The van der Waals surface area contributed by atoms with E-state index in [1.54, 1.807) is 0 Å². The van der Waals surface area contributed by atoms with Crippen molar-refractivity contribution in [3.05, 3.63) is 77.9 Å². The lowest BCUT2D eigenvalue weighted by Gasteiger charge is -2.49. The lowest BCUT2D eigenvalue weighted by atomic mass is 9.69. The summed E-state index contributed by atoms with van der Waals surface area (Å²) < 4.78 is 7.01. The van der Waals surface area contributed by atoms with Crippen LogP contribution >= 0.6 is 0 Å².